The van der Waals surface area contributed by atoms with Gasteiger partial charge in [-0.2, -0.15) is 0 Å². The highest BCUT2D eigenvalue weighted by Crippen LogP contribution is 2.27. The number of aromatic nitrogens is 3. The summed E-state index contributed by atoms with van der Waals surface area (Å²) in [5, 5.41) is 0. The first-order chi connectivity index (χ1) is 9.75. The minimum Gasteiger partial charge on any atom is -0.381 e. The second-order valence-electron chi connectivity index (χ2n) is 5.69. The van der Waals surface area contributed by atoms with Crippen molar-refractivity contribution in [3.05, 3.63) is 24.2 Å². The van der Waals surface area contributed by atoms with Crippen molar-refractivity contribution in [2.24, 2.45) is 0 Å². The molecule has 0 aromatic carbocycles. The number of pyridine rings is 1. The van der Waals surface area contributed by atoms with Gasteiger partial charge in [0, 0.05) is 31.8 Å². The fourth-order valence-corrected chi connectivity index (χ4v) is 2.75. The van der Waals surface area contributed by atoms with Crippen molar-refractivity contribution >= 4 is 11.2 Å². The zero-order valence-electron chi connectivity index (χ0n) is 12.2. The van der Waals surface area contributed by atoms with E-state index in [0.29, 0.717) is 5.92 Å². The lowest BCUT2D eigenvalue weighted by Gasteiger charge is -2.23. The number of hydrogen-bond donors (Lipinski definition) is 0. The molecule has 0 amide bonds. The van der Waals surface area contributed by atoms with Gasteiger partial charge in [-0.25, -0.2) is 9.97 Å². The molecule has 3 rings (SSSR count). The summed E-state index contributed by atoms with van der Waals surface area (Å²) in [5.74, 6) is 1.54. The van der Waals surface area contributed by atoms with Gasteiger partial charge < -0.3 is 14.2 Å². The quantitative estimate of drug-likeness (QED) is 0.854. The molecule has 2 aromatic heterocycles. The van der Waals surface area contributed by atoms with Gasteiger partial charge in [-0.1, -0.05) is 0 Å². The molecule has 2 aromatic rings. The molecule has 1 saturated heterocycles. The highest BCUT2D eigenvalue weighted by Gasteiger charge is 2.23. The Morgan fingerprint density at radius 3 is 3.10 bits per heavy atom. The molecule has 1 atom stereocenters. The van der Waals surface area contributed by atoms with E-state index in [1.807, 2.05) is 18.3 Å². The molecule has 0 aliphatic carbocycles. The average molecular weight is 274 g/mol. The van der Waals surface area contributed by atoms with Crippen molar-refractivity contribution in [1.82, 2.24) is 19.4 Å². The molecule has 0 spiro atoms. The van der Waals surface area contributed by atoms with Crippen molar-refractivity contribution in [3.63, 3.8) is 0 Å². The van der Waals surface area contributed by atoms with Gasteiger partial charge in [0.15, 0.2) is 5.65 Å². The maximum Gasteiger partial charge on any atom is 0.160 e. The molecule has 3 heterocycles. The molecule has 20 heavy (non-hydrogen) atoms. The maximum atomic E-state index is 5.63. The number of hydrogen-bond acceptors (Lipinski definition) is 4. The molecule has 0 radical (unpaired) electrons. The lowest BCUT2D eigenvalue weighted by atomic mass is 10.0. The molecule has 1 fully saturated rings. The number of nitrogens with zero attached hydrogens (tertiary/aromatic N) is 4. The Morgan fingerprint density at radius 1 is 1.45 bits per heavy atom. The Kier molecular flexibility index (Phi) is 3.98. The smallest absolute Gasteiger partial charge is 0.160 e. The molecular weight excluding hydrogens is 252 g/mol. The molecule has 0 bridgehead atoms. The third-order valence-corrected chi connectivity index (χ3v) is 3.83. The van der Waals surface area contributed by atoms with Crippen LogP contribution in [0.15, 0.2) is 18.3 Å². The predicted octanol–water partition coefficient (Wildman–Crippen LogP) is 1.89. The Labute approximate surface area is 119 Å². The van der Waals surface area contributed by atoms with Crippen molar-refractivity contribution in [1.29, 1.82) is 0 Å². The largest absolute Gasteiger partial charge is 0.381 e. The molecule has 1 aliphatic heterocycles. The van der Waals surface area contributed by atoms with Gasteiger partial charge in [0.2, 0.25) is 0 Å². The van der Waals surface area contributed by atoms with E-state index in [4.69, 9.17) is 9.72 Å². The van der Waals surface area contributed by atoms with Crippen LogP contribution < -0.4 is 0 Å². The minimum absolute atomic E-state index is 0.403. The molecule has 108 valence electrons. The van der Waals surface area contributed by atoms with E-state index in [1.54, 1.807) is 0 Å². The van der Waals surface area contributed by atoms with Crippen LogP contribution in [-0.2, 0) is 11.3 Å². The molecule has 0 N–H and O–H groups in total. The Bertz CT molecular complexity index is 572. The second kappa shape index (κ2) is 5.89. The van der Waals surface area contributed by atoms with Gasteiger partial charge in [-0.3, -0.25) is 0 Å². The molecule has 0 saturated carbocycles. The summed E-state index contributed by atoms with van der Waals surface area (Å²) in [4.78, 5) is 11.5. The van der Waals surface area contributed by atoms with Crippen LogP contribution in [0.1, 0.15) is 24.6 Å². The van der Waals surface area contributed by atoms with E-state index in [-0.39, 0.29) is 0 Å². The second-order valence-corrected chi connectivity index (χ2v) is 5.69. The van der Waals surface area contributed by atoms with Crippen molar-refractivity contribution in [3.8, 4) is 0 Å². The van der Waals surface area contributed by atoms with Crippen molar-refractivity contribution in [2.45, 2.75) is 25.3 Å². The number of imidazole rings is 1. The Morgan fingerprint density at radius 2 is 2.35 bits per heavy atom. The first-order valence-electron chi connectivity index (χ1n) is 7.29. The van der Waals surface area contributed by atoms with Crippen LogP contribution in [0.3, 0.4) is 0 Å². The summed E-state index contributed by atoms with van der Waals surface area (Å²) in [7, 11) is 4.19. The zero-order valence-corrected chi connectivity index (χ0v) is 12.2. The van der Waals surface area contributed by atoms with Crippen LogP contribution in [0.25, 0.3) is 11.2 Å². The first-order valence-corrected chi connectivity index (χ1v) is 7.29. The molecule has 5 nitrogen and oxygen atoms in total. The lowest BCUT2D eigenvalue weighted by molar-refractivity contribution is 0.0770. The van der Waals surface area contributed by atoms with Gasteiger partial charge in [0.1, 0.15) is 11.3 Å². The topological polar surface area (TPSA) is 43.2 Å². The fourth-order valence-electron chi connectivity index (χ4n) is 2.75. The molecule has 1 aliphatic rings. The summed E-state index contributed by atoms with van der Waals surface area (Å²) in [6.45, 7) is 3.58. The van der Waals surface area contributed by atoms with Gasteiger partial charge in [-0.15, -0.1) is 0 Å². The summed E-state index contributed by atoms with van der Waals surface area (Å²) >= 11 is 0. The van der Waals surface area contributed by atoms with Crippen LogP contribution in [0.4, 0.5) is 0 Å². The van der Waals surface area contributed by atoms with E-state index in [9.17, 15) is 0 Å². The van der Waals surface area contributed by atoms with E-state index < -0.39 is 0 Å². The maximum absolute atomic E-state index is 5.63. The third-order valence-electron chi connectivity index (χ3n) is 3.83. The standard InChI is InChI=1S/C15H22N4O/c1-18(2)8-9-19-14(12-5-4-10-20-11-12)17-13-6-3-7-16-15(13)19/h3,6-7,12H,4-5,8-11H2,1-2H3. The van der Waals surface area contributed by atoms with Crippen molar-refractivity contribution < 1.29 is 4.74 Å². The van der Waals surface area contributed by atoms with E-state index in [1.165, 1.54) is 0 Å². The highest BCUT2D eigenvalue weighted by molar-refractivity contribution is 5.71. The predicted molar refractivity (Wildman–Crippen MR) is 78.9 cm³/mol. The number of ether oxygens (including phenoxy) is 1. The van der Waals surface area contributed by atoms with Gasteiger partial charge in [0.25, 0.3) is 0 Å². The molecule has 1 unspecified atom stereocenters. The number of fused-ring (bicyclic) bond motifs is 1. The van der Waals surface area contributed by atoms with Gasteiger partial charge in [0.05, 0.1) is 6.61 Å². The average Bonchev–Trinajstić information content (AvgIpc) is 2.84. The number of likely N-dealkylation sites (N-methyl/N-ethyl adjacent to an activating group) is 1. The van der Waals surface area contributed by atoms with Crippen LogP contribution in [0, 0.1) is 0 Å². The van der Waals surface area contributed by atoms with Crippen LogP contribution in [0.2, 0.25) is 0 Å². The fraction of sp³-hybridized carbons (Fsp3) is 0.600. The summed E-state index contributed by atoms with van der Waals surface area (Å²) < 4.78 is 7.90. The summed E-state index contributed by atoms with van der Waals surface area (Å²) in [6, 6.07) is 3.99. The first kappa shape index (κ1) is 13.5. The van der Waals surface area contributed by atoms with Crippen LogP contribution in [0.5, 0.6) is 0 Å². The highest BCUT2D eigenvalue weighted by atomic mass is 16.5. The number of rotatable bonds is 4. The van der Waals surface area contributed by atoms with Crippen molar-refractivity contribution in [2.75, 3.05) is 33.9 Å². The summed E-state index contributed by atoms with van der Waals surface area (Å²) in [6.07, 6.45) is 4.12. The van der Waals surface area contributed by atoms with Crippen LogP contribution in [-0.4, -0.2) is 53.3 Å². The van der Waals surface area contributed by atoms with Gasteiger partial charge >= 0.3 is 0 Å². The third kappa shape index (κ3) is 2.69. The Hall–Kier alpha value is -1.46. The zero-order chi connectivity index (χ0) is 13.9. The Balaban J connectivity index is 1.97. The normalized spacial score (nSPS) is 19.9. The SMILES string of the molecule is CN(C)CCn1c(C2CCCOC2)nc2cccnc21. The minimum atomic E-state index is 0.403. The van der Waals surface area contributed by atoms with E-state index in [0.717, 1.165) is 56.1 Å². The molecule has 5 heteroatoms. The lowest BCUT2D eigenvalue weighted by Crippen LogP contribution is -2.23. The van der Waals surface area contributed by atoms with Gasteiger partial charge in [-0.05, 0) is 39.1 Å². The van der Waals surface area contributed by atoms with E-state index >= 15 is 0 Å². The van der Waals surface area contributed by atoms with Crippen LogP contribution >= 0.6 is 0 Å². The summed E-state index contributed by atoms with van der Waals surface area (Å²) in [5.41, 5.74) is 1.99. The van der Waals surface area contributed by atoms with E-state index in [2.05, 4.69) is 28.5 Å². The monoisotopic (exact) mass is 274 g/mol. The molecular formula is C15H22N4O.